The summed E-state index contributed by atoms with van der Waals surface area (Å²) in [5.74, 6) is 4.90. The van der Waals surface area contributed by atoms with Crippen LogP contribution in [-0.2, 0) is 40.1 Å². The van der Waals surface area contributed by atoms with E-state index < -0.39 is 40.1 Å². The van der Waals surface area contributed by atoms with Crippen LogP contribution in [-0.4, -0.2) is 205 Å². The number of anilines is 15. The number of likely N-dealkylation sites (N-methyl/N-ethyl adjacent to an activating group) is 2. The Labute approximate surface area is 612 Å². The predicted octanol–water partition coefficient (Wildman–Crippen LogP) is 0.788. The van der Waals surface area contributed by atoms with Crippen molar-refractivity contribution >= 4 is 186 Å². The molecule has 9 heterocycles. The molecule has 550 valence electrons. The van der Waals surface area contributed by atoms with Crippen molar-refractivity contribution in [2.75, 3.05) is 127 Å². The number of aromatic nitrogens is 20. The van der Waals surface area contributed by atoms with Crippen molar-refractivity contribution in [3.63, 3.8) is 0 Å². The van der Waals surface area contributed by atoms with Crippen LogP contribution in [0.3, 0.4) is 0 Å². The molecule has 22 N–H and O–H groups in total. The van der Waals surface area contributed by atoms with Crippen LogP contribution >= 0.6 is 58.5 Å². The standard InChI is InChI=1S/C15H20N10O2S2.C14H20N10O2S2.C11H13N9O2S2.C10H9ClN8O2S2/c1-23-6-8-24(9-7-23)12-13(22-28-21-12)25-14(16)19-15(20-25)18-10-2-4-11(5-3-10)29(17,26)27;1-23(2)8-7-17-11-12(22-27-21-11)24-13(15)19-14(20-24)18-9-3-5-10(6-4-9)28(16,25)26;1-14-8-9(19-23-18-8)20-10(12)16-11(17-20)15-6-2-4-7(5-3-6)24(13,21)22;11-7-8(18-22-17-7)19-9(12)15-10(16-19)14-5-1-3-6(4-2-5)23(13,20)21/h2-5H,6-9H2,1H3,(H2,17,26,27)(H3,16,18,19,20);3-6H,7-8H2,1-2H3,(H,17,21)(H2,16,25,26)(H3,15,18,19,20);2-5H,1H3,(H,14,18)(H2,13,21,22)(H3,12,15,16,17);1-4H,(H2,13,20,21)(H3,12,14,15,16). The molecule has 0 atom stereocenters. The van der Waals surface area contributed by atoms with Crippen LogP contribution in [0.15, 0.2) is 117 Å². The first-order valence-corrected chi connectivity index (χ1v) is 38.7. The predicted molar refractivity (Wildman–Crippen MR) is 393 cm³/mol. The molecule has 0 aliphatic carbocycles. The van der Waals surface area contributed by atoms with Crippen molar-refractivity contribution in [1.82, 2.24) is 104 Å². The molecule has 1 fully saturated rings. The molecule has 104 heavy (non-hydrogen) atoms. The Balaban J connectivity index is 0.000000149. The number of rotatable bonds is 22. The number of halogens is 1. The summed E-state index contributed by atoms with van der Waals surface area (Å²) in [6.45, 7) is 5.05. The Morgan fingerprint density at radius 2 is 0.721 bits per heavy atom. The van der Waals surface area contributed by atoms with E-state index in [2.05, 4.69) is 124 Å². The molecular formula is C50H62ClN37O8S8. The summed E-state index contributed by atoms with van der Waals surface area (Å²) in [6, 6.07) is 23.4. The highest BCUT2D eigenvalue weighted by molar-refractivity contribution is 7.90. The first-order chi connectivity index (χ1) is 49.3. The first-order valence-electron chi connectivity index (χ1n) is 29.2. The van der Waals surface area contributed by atoms with E-state index in [4.69, 9.17) is 55.1 Å². The summed E-state index contributed by atoms with van der Waals surface area (Å²) < 4.78 is 129. The number of nitrogens with one attached hydrogen (secondary N) is 6. The van der Waals surface area contributed by atoms with Crippen molar-refractivity contribution in [3.8, 4) is 23.3 Å². The summed E-state index contributed by atoms with van der Waals surface area (Å²) in [4.78, 5) is 23.0. The lowest BCUT2D eigenvalue weighted by Gasteiger charge is -2.32. The van der Waals surface area contributed by atoms with Crippen molar-refractivity contribution in [2.24, 2.45) is 20.6 Å². The van der Waals surface area contributed by atoms with Crippen molar-refractivity contribution in [2.45, 2.75) is 19.6 Å². The fourth-order valence-electron chi connectivity index (χ4n) is 8.70. The number of piperazine rings is 1. The number of nitrogens with two attached hydrogens (primary N) is 8. The van der Waals surface area contributed by atoms with Gasteiger partial charge in [0, 0.05) is 69.1 Å². The van der Waals surface area contributed by atoms with Gasteiger partial charge in [-0.3, -0.25) is 0 Å². The number of benzene rings is 4. The first kappa shape index (κ1) is 76.0. The van der Waals surface area contributed by atoms with Crippen LogP contribution in [0.2, 0.25) is 5.15 Å². The van der Waals surface area contributed by atoms with Crippen molar-refractivity contribution in [1.29, 1.82) is 0 Å². The maximum atomic E-state index is 11.4. The number of nitrogen functional groups attached to an aromatic ring is 4. The molecule has 4 aromatic carbocycles. The maximum absolute atomic E-state index is 11.4. The molecule has 0 bridgehead atoms. The van der Waals surface area contributed by atoms with E-state index in [-0.39, 0.29) is 78.1 Å². The van der Waals surface area contributed by atoms with Crippen LogP contribution in [0.4, 0.5) is 87.8 Å². The van der Waals surface area contributed by atoms with E-state index in [0.29, 0.717) is 58.4 Å². The van der Waals surface area contributed by atoms with Gasteiger partial charge in [0.1, 0.15) is 0 Å². The minimum atomic E-state index is -3.75. The van der Waals surface area contributed by atoms with E-state index in [1.54, 1.807) is 43.4 Å². The van der Waals surface area contributed by atoms with Gasteiger partial charge in [-0.2, -0.15) is 73.7 Å². The molecule has 0 unspecified atom stereocenters. The molecular weight excluding hydrogens is 1540 g/mol. The summed E-state index contributed by atoms with van der Waals surface area (Å²) in [6.07, 6.45) is 0. The second-order valence-electron chi connectivity index (χ2n) is 21.5. The largest absolute Gasteiger partial charge is 0.369 e. The minimum Gasteiger partial charge on any atom is -0.369 e. The molecule has 13 rings (SSSR count). The Bertz CT molecular complexity index is 5390. The zero-order valence-corrected chi connectivity index (χ0v) is 61.6. The van der Waals surface area contributed by atoms with E-state index in [9.17, 15) is 33.7 Å². The monoisotopic (exact) mass is 1600 g/mol. The quantitative estimate of drug-likeness (QED) is 0.0446. The molecule has 54 heteroatoms. The molecule has 1 saturated heterocycles. The fraction of sp³-hybridized carbons (Fsp3) is 0.200. The fourth-order valence-corrected chi connectivity index (χ4v) is 13.1. The molecule has 0 spiro atoms. The van der Waals surface area contributed by atoms with Crippen molar-refractivity contribution < 1.29 is 33.7 Å². The molecule has 0 saturated carbocycles. The number of nitrogens with zero attached hydrogens (tertiary/aromatic N) is 23. The lowest BCUT2D eigenvalue weighted by Crippen LogP contribution is -2.45. The van der Waals surface area contributed by atoms with E-state index in [1.165, 1.54) is 79.4 Å². The highest BCUT2D eigenvalue weighted by Crippen LogP contribution is 2.29. The Hall–Kier alpha value is -10.7. The van der Waals surface area contributed by atoms with E-state index in [0.717, 1.165) is 85.5 Å². The third kappa shape index (κ3) is 19.5. The van der Waals surface area contributed by atoms with Gasteiger partial charge in [0.05, 0.1) is 66.5 Å². The summed E-state index contributed by atoms with van der Waals surface area (Å²) in [5, 5.41) is 55.3. The lowest BCUT2D eigenvalue weighted by atomic mass is 10.3. The number of hydrogen-bond donors (Lipinski definition) is 14. The smallest absolute Gasteiger partial charge is 0.248 e. The van der Waals surface area contributed by atoms with Gasteiger partial charge in [0.15, 0.2) is 22.6 Å². The molecule has 0 radical (unpaired) electrons. The highest BCUT2D eigenvalue weighted by atomic mass is 35.5. The number of primary sulfonamides is 4. The third-order valence-electron chi connectivity index (χ3n) is 13.8. The van der Waals surface area contributed by atoms with Crippen LogP contribution < -0.4 is 80.3 Å². The van der Waals surface area contributed by atoms with E-state index in [1.807, 2.05) is 19.0 Å². The van der Waals surface area contributed by atoms with E-state index >= 15 is 0 Å². The second-order valence-corrected chi connectivity index (χ2v) is 30.3. The van der Waals surface area contributed by atoms with Gasteiger partial charge in [-0.1, -0.05) is 11.6 Å². The van der Waals surface area contributed by atoms with Crippen LogP contribution in [0.25, 0.3) is 23.3 Å². The van der Waals surface area contributed by atoms with Gasteiger partial charge >= 0.3 is 0 Å². The van der Waals surface area contributed by atoms with Gasteiger partial charge in [0.2, 0.25) is 111 Å². The Morgan fingerprint density at radius 1 is 0.423 bits per heavy atom. The Kier molecular flexibility index (Phi) is 23.6. The van der Waals surface area contributed by atoms with Crippen LogP contribution in [0.5, 0.6) is 0 Å². The summed E-state index contributed by atoms with van der Waals surface area (Å²) in [5.41, 5.74) is 25.9. The maximum Gasteiger partial charge on any atom is 0.248 e. The van der Waals surface area contributed by atoms with Gasteiger partial charge in [-0.05, 0) is 118 Å². The van der Waals surface area contributed by atoms with Crippen molar-refractivity contribution in [3.05, 3.63) is 102 Å². The topological polar surface area (TPSA) is 653 Å². The van der Waals surface area contributed by atoms with Crippen LogP contribution in [0.1, 0.15) is 0 Å². The molecule has 12 aromatic rings. The third-order valence-corrected chi connectivity index (χ3v) is 19.9. The average Bonchev–Trinajstić information content (AvgIpc) is 1.65. The van der Waals surface area contributed by atoms with Gasteiger partial charge in [0.25, 0.3) is 0 Å². The summed E-state index contributed by atoms with van der Waals surface area (Å²) >= 11 is 9.95. The van der Waals surface area contributed by atoms with Crippen LogP contribution in [0, 0.1) is 0 Å². The Morgan fingerprint density at radius 3 is 1.06 bits per heavy atom. The summed E-state index contributed by atoms with van der Waals surface area (Å²) in [7, 11) is -7.23. The second kappa shape index (κ2) is 32.3. The number of hydrogen-bond acceptors (Lipinski definition) is 41. The lowest BCUT2D eigenvalue weighted by molar-refractivity contribution is 0.312. The molecule has 1 aliphatic heterocycles. The highest BCUT2D eigenvalue weighted by Gasteiger charge is 2.25. The van der Waals surface area contributed by atoms with Gasteiger partial charge in [-0.15, -0.1) is 20.4 Å². The van der Waals surface area contributed by atoms with Gasteiger partial charge < -0.3 is 69.5 Å². The SMILES string of the molecule is CN(C)CCNc1nsnc1-n1nc(Nc2ccc(S(N)(=O)=O)cc2)nc1N.CN1CCN(c2nsnc2-n2nc(Nc3ccc(S(N)(=O)=O)cc3)nc2N)CC1.CNc1nsnc1-n1nc(Nc2ccc(S(N)(=O)=O)cc2)nc1N.Nc1nc(Nc2ccc(S(N)(=O)=O)cc2)nn1-c1nsnc1Cl. The molecule has 1 aliphatic rings. The molecule has 0 amide bonds. The van der Waals surface area contributed by atoms with Gasteiger partial charge in [-0.25, -0.2) is 54.2 Å². The normalized spacial score (nSPS) is 12.7. The zero-order valence-electron chi connectivity index (χ0n) is 54.3. The molecule has 8 aromatic heterocycles. The molecule has 45 nitrogen and oxygen atoms in total. The number of sulfonamides is 4. The minimum absolute atomic E-state index is 0.00128. The average molecular weight is 1600 g/mol. The zero-order chi connectivity index (χ0) is 74.8.